The summed E-state index contributed by atoms with van der Waals surface area (Å²) in [6, 6.07) is 8.68. The third-order valence-electron chi connectivity index (χ3n) is 2.11. The lowest BCUT2D eigenvalue weighted by atomic mass is 9.99. The molecule has 0 bridgehead atoms. The van der Waals surface area contributed by atoms with Crippen LogP contribution in [0.5, 0.6) is 0 Å². The van der Waals surface area contributed by atoms with Crippen LogP contribution in [0.3, 0.4) is 0 Å². The van der Waals surface area contributed by atoms with E-state index in [4.69, 9.17) is 11.5 Å². The van der Waals surface area contributed by atoms with Crippen molar-refractivity contribution in [2.24, 2.45) is 11.5 Å². The molecule has 3 atom stereocenters. The minimum atomic E-state index is -0.679. The van der Waals surface area contributed by atoms with E-state index in [2.05, 4.69) is 0 Å². The summed E-state index contributed by atoms with van der Waals surface area (Å²) in [5.41, 5.74) is 12.1. The van der Waals surface area contributed by atoms with E-state index in [0.29, 0.717) is 0 Å². The standard InChI is InChI=1S/C10H16N2O/c1-7(11)9(12)10(13)8-5-3-2-4-6-8/h2-7,9-10,13H,11-12H2,1H3/t7-,9-,10-/m0/s1. The van der Waals surface area contributed by atoms with Gasteiger partial charge in [0.2, 0.25) is 0 Å². The van der Waals surface area contributed by atoms with Crippen LogP contribution < -0.4 is 11.5 Å². The molecule has 0 amide bonds. The van der Waals surface area contributed by atoms with Gasteiger partial charge in [0.05, 0.1) is 6.10 Å². The van der Waals surface area contributed by atoms with E-state index in [9.17, 15) is 5.11 Å². The van der Waals surface area contributed by atoms with E-state index < -0.39 is 12.1 Å². The molecule has 0 fully saturated rings. The molecule has 0 spiro atoms. The Balaban J connectivity index is 2.73. The van der Waals surface area contributed by atoms with E-state index in [1.165, 1.54) is 0 Å². The van der Waals surface area contributed by atoms with E-state index in [-0.39, 0.29) is 6.04 Å². The molecule has 3 heteroatoms. The molecule has 0 unspecified atom stereocenters. The molecule has 0 heterocycles. The molecule has 0 aromatic heterocycles. The fraction of sp³-hybridized carbons (Fsp3) is 0.400. The SMILES string of the molecule is C[C@H](N)[C@H](N)[C@@H](O)c1ccccc1. The largest absolute Gasteiger partial charge is 0.387 e. The maximum absolute atomic E-state index is 9.75. The van der Waals surface area contributed by atoms with E-state index in [1.807, 2.05) is 30.3 Å². The van der Waals surface area contributed by atoms with Gasteiger partial charge in [-0.15, -0.1) is 0 Å². The zero-order chi connectivity index (χ0) is 9.84. The Morgan fingerprint density at radius 2 is 1.69 bits per heavy atom. The van der Waals surface area contributed by atoms with E-state index in [1.54, 1.807) is 6.92 Å². The van der Waals surface area contributed by atoms with Gasteiger partial charge in [-0.1, -0.05) is 30.3 Å². The zero-order valence-electron chi connectivity index (χ0n) is 7.72. The molecule has 0 saturated heterocycles. The quantitative estimate of drug-likeness (QED) is 0.630. The van der Waals surface area contributed by atoms with Gasteiger partial charge in [0, 0.05) is 12.1 Å². The first-order valence-corrected chi connectivity index (χ1v) is 4.37. The van der Waals surface area contributed by atoms with Gasteiger partial charge in [0.15, 0.2) is 0 Å². The van der Waals surface area contributed by atoms with Crippen LogP contribution in [-0.4, -0.2) is 17.2 Å². The predicted octanol–water partition coefficient (Wildman–Crippen LogP) is 0.395. The highest BCUT2D eigenvalue weighted by molar-refractivity contribution is 5.19. The molecule has 0 aliphatic rings. The molecule has 5 N–H and O–H groups in total. The predicted molar refractivity (Wildman–Crippen MR) is 53.0 cm³/mol. The number of hydrogen-bond acceptors (Lipinski definition) is 3. The summed E-state index contributed by atoms with van der Waals surface area (Å²) in [7, 11) is 0. The summed E-state index contributed by atoms with van der Waals surface area (Å²) in [6.45, 7) is 1.79. The molecule has 0 radical (unpaired) electrons. The molecule has 13 heavy (non-hydrogen) atoms. The Morgan fingerprint density at radius 3 is 2.15 bits per heavy atom. The van der Waals surface area contributed by atoms with Crippen LogP contribution in [0, 0.1) is 0 Å². The molecule has 0 aliphatic heterocycles. The van der Waals surface area contributed by atoms with Crippen molar-refractivity contribution in [3.8, 4) is 0 Å². The minimum absolute atomic E-state index is 0.213. The Morgan fingerprint density at radius 1 is 1.15 bits per heavy atom. The van der Waals surface area contributed by atoms with Crippen LogP contribution in [0.15, 0.2) is 30.3 Å². The van der Waals surface area contributed by atoms with Crippen molar-refractivity contribution in [3.05, 3.63) is 35.9 Å². The second kappa shape index (κ2) is 4.37. The molecule has 1 aromatic rings. The maximum Gasteiger partial charge on any atom is 0.0955 e. The van der Waals surface area contributed by atoms with Crippen LogP contribution in [0.1, 0.15) is 18.6 Å². The highest BCUT2D eigenvalue weighted by Crippen LogP contribution is 2.15. The summed E-state index contributed by atoms with van der Waals surface area (Å²) in [5, 5.41) is 9.75. The van der Waals surface area contributed by atoms with Crippen molar-refractivity contribution in [2.45, 2.75) is 25.1 Å². The van der Waals surface area contributed by atoms with E-state index in [0.717, 1.165) is 5.56 Å². The van der Waals surface area contributed by atoms with Crippen molar-refractivity contribution in [2.75, 3.05) is 0 Å². The topological polar surface area (TPSA) is 72.3 Å². The average molecular weight is 180 g/mol. The third-order valence-corrected chi connectivity index (χ3v) is 2.11. The van der Waals surface area contributed by atoms with Crippen LogP contribution in [0.2, 0.25) is 0 Å². The van der Waals surface area contributed by atoms with Gasteiger partial charge in [0.1, 0.15) is 0 Å². The summed E-state index contributed by atoms with van der Waals surface area (Å²) in [5.74, 6) is 0. The third kappa shape index (κ3) is 2.52. The molecular weight excluding hydrogens is 164 g/mol. The number of aliphatic hydroxyl groups excluding tert-OH is 1. The lowest BCUT2D eigenvalue weighted by molar-refractivity contribution is 0.137. The van der Waals surface area contributed by atoms with Gasteiger partial charge in [-0.25, -0.2) is 0 Å². The lowest BCUT2D eigenvalue weighted by Crippen LogP contribution is -2.43. The van der Waals surface area contributed by atoms with Gasteiger partial charge < -0.3 is 16.6 Å². The van der Waals surface area contributed by atoms with Crippen molar-refractivity contribution in [3.63, 3.8) is 0 Å². The van der Waals surface area contributed by atoms with E-state index >= 15 is 0 Å². The fourth-order valence-corrected chi connectivity index (χ4v) is 1.16. The summed E-state index contributed by atoms with van der Waals surface area (Å²) >= 11 is 0. The zero-order valence-corrected chi connectivity index (χ0v) is 7.72. The maximum atomic E-state index is 9.75. The summed E-state index contributed by atoms with van der Waals surface area (Å²) in [6.07, 6.45) is -0.679. The molecule has 0 saturated carbocycles. The van der Waals surface area contributed by atoms with Crippen LogP contribution in [0.25, 0.3) is 0 Å². The molecular formula is C10H16N2O. The van der Waals surface area contributed by atoms with Gasteiger partial charge in [-0.05, 0) is 12.5 Å². The van der Waals surface area contributed by atoms with Crippen molar-refractivity contribution in [1.82, 2.24) is 0 Å². The number of nitrogens with two attached hydrogens (primary N) is 2. The molecule has 72 valence electrons. The molecule has 0 aliphatic carbocycles. The number of benzene rings is 1. The van der Waals surface area contributed by atoms with Crippen LogP contribution in [0.4, 0.5) is 0 Å². The number of rotatable bonds is 3. The van der Waals surface area contributed by atoms with Gasteiger partial charge in [-0.3, -0.25) is 0 Å². The number of aliphatic hydroxyl groups is 1. The molecule has 3 nitrogen and oxygen atoms in total. The second-order valence-electron chi connectivity index (χ2n) is 3.29. The molecule has 1 rings (SSSR count). The normalized spacial score (nSPS) is 17.8. The van der Waals surface area contributed by atoms with Crippen LogP contribution in [-0.2, 0) is 0 Å². The average Bonchev–Trinajstić information content (AvgIpc) is 2.17. The highest BCUT2D eigenvalue weighted by atomic mass is 16.3. The monoisotopic (exact) mass is 180 g/mol. The first-order valence-electron chi connectivity index (χ1n) is 4.37. The first kappa shape index (κ1) is 10.2. The Hall–Kier alpha value is -0.900. The Kier molecular flexibility index (Phi) is 3.42. The van der Waals surface area contributed by atoms with Crippen molar-refractivity contribution >= 4 is 0 Å². The van der Waals surface area contributed by atoms with Crippen LogP contribution >= 0.6 is 0 Å². The second-order valence-corrected chi connectivity index (χ2v) is 3.29. The Bertz CT molecular complexity index is 248. The lowest BCUT2D eigenvalue weighted by Gasteiger charge is -2.22. The highest BCUT2D eigenvalue weighted by Gasteiger charge is 2.19. The Labute approximate surface area is 78.4 Å². The molecule has 1 aromatic carbocycles. The van der Waals surface area contributed by atoms with Crippen molar-refractivity contribution < 1.29 is 5.11 Å². The summed E-state index contributed by atoms with van der Waals surface area (Å²) in [4.78, 5) is 0. The van der Waals surface area contributed by atoms with Gasteiger partial charge >= 0.3 is 0 Å². The number of hydrogen-bond donors (Lipinski definition) is 3. The first-order chi connectivity index (χ1) is 6.13. The summed E-state index contributed by atoms with van der Waals surface area (Å²) < 4.78 is 0. The smallest absolute Gasteiger partial charge is 0.0955 e. The fourth-order valence-electron chi connectivity index (χ4n) is 1.16. The van der Waals surface area contributed by atoms with Gasteiger partial charge in [-0.2, -0.15) is 0 Å². The van der Waals surface area contributed by atoms with Crippen molar-refractivity contribution in [1.29, 1.82) is 0 Å². The van der Waals surface area contributed by atoms with Gasteiger partial charge in [0.25, 0.3) is 0 Å². The minimum Gasteiger partial charge on any atom is -0.387 e.